The molecule has 0 radical (unpaired) electrons. The molecular weight excluding hydrogens is 329 g/mol. The minimum absolute atomic E-state index is 0.271. The van der Waals surface area contributed by atoms with Gasteiger partial charge in [-0.1, -0.05) is 50.2 Å². The first kappa shape index (κ1) is 17.3. The molecule has 0 spiro atoms. The summed E-state index contributed by atoms with van der Waals surface area (Å²) < 4.78 is 62.9. The lowest BCUT2D eigenvalue weighted by Gasteiger charge is -2.13. The quantitative estimate of drug-likeness (QED) is 0.596. The largest absolute Gasteiger partial charge is 0.534 e. The van der Waals surface area contributed by atoms with Crippen LogP contribution in [-0.4, -0.2) is 13.9 Å². The Balaban J connectivity index is 2.31. The lowest BCUT2D eigenvalue weighted by Crippen LogP contribution is -2.28. The van der Waals surface area contributed by atoms with E-state index < -0.39 is 15.6 Å². The molecule has 0 amide bonds. The molecule has 0 heterocycles. The molecule has 0 atom stereocenters. The summed E-state index contributed by atoms with van der Waals surface area (Å²) in [6.45, 7) is 4.07. The molecule has 0 saturated heterocycles. The lowest BCUT2D eigenvalue weighted by molar-refractivity contribution is -0.0500. The molecule has 23 heavy (non-hydrogen) atoms. The van der Waals surface area contributed by atoms with Gasteiger partial charge in [-0.05, 0) is 34.7 Å². The van der Waals surface area contributed by atoms with E-state index in [0.717, 1.165) is 16.7 Å². The zero-order valence-corrected chi connectivity index (χ0v) is 13.3. The summed E-state index contributed by atoms with van der Waals surface area (Å²) in [5, 5.41) is 0. The molecule has 0 bridgehead atoms. The topological polar surface area (TPSA) is 43.4 Å². The molecule has 2 aromatic carbocycles. The standard InChI is InChI=1S/C16H15F3O3S/c1-11(2)14-5-3-4-6-15(14)12-7-9-13(10-8-12)22-23(20,21)16(17,18)19/h3-11H,1-2H3. The van der Waals surface area contributed by atoms with E-state index in [4.69, 9.17) is 0 Å². The van der Waals surface area contributed by atoms with Crippen LogP contribution in [0.5, 0.6) is 5.75 Å². The predicted molar refractivity (Wildman–Crippen MR) is 81.6 cm³/mol. The molecular formula is C16H15F3O3S. The van der Waals surface area contributed by atoms with E-state index in [9.17, 15) is 21.6 Å². The van der Waals surface area contributed by atoms with Crippen LogP contribution in [-0.2, 0) is 10.1 Å². The fraction of sp³-hybridized carbons (Fsp3) is 0.250. The van der Waals surface area contributed by atoms with Gasteiger partial charge in [0.2, 0.25) is 0 Å². The average molecular weight is 344 g/mol. The average Bonchev–Trinajstić information content (AvgIpc) is 2.46. The Labute approximate surface area is 132 Å². The zero-order chi connectivity index (χ0) is 17.3. The van der Waals surface area contributed by atoms with Crippen LogP contribution in [0.4, 0.5) is 13.2 Å². The monoisotopic (exact) mass is 344 g/mol. The number of halogens is 3. The number of hydrogen-bond donors (Lipinski definition) is 0. The van der Waals surface area contributed by atoms with E-state index in [1.807, 2.05) is 38.1 Å². The van der Waals surface area contributed by atoms with Gasteiger partial charge < -0.3 is 4.18 Å². The summed E-state index contributed by atoms with van der Waals surface area (Å²) >= 11 is 0. The summed E-state index contributed by atoms with van der Waals surface area (Å²) in [7, 11) is -5.65. The van der Waals surface area contributed by atoms with Crippen LogP contribution in [0.15, 0.2) is 48.5 Å². The third-order valence-corrected chi connectivity index (χ3v) is 4.22. The SMILES string of the molecule is CC(C)c1ccccc1-c1ccc(OS(=O)(=O)C(F)(F)F)cc1. The Kier molecular flexibility index (Phi) is 4.70. The van der Waals surface area contributed by atoms with Crippen LogP contribution in [0, 0.1) is 0 Å². The molecule has 3 nitrogen and oxygen atoms in total. The Bertz CT molecular complexity index is 779. The van der Waals surface area contributed by atoms with E-state index in [0.29, 0.717) is 0 Å². The minimum atomic E-state index is -5.65. The Morgan fingerprint density at radius 2 is 1.52 bits per heavy atom. The molecule has 7 heteroatoms. The summed E-state index contributed by atoms with van der Waals surface area (Å²) in [4.78, 5) is 0. The lowest BCUT2D eigenvalue weighted by atomic mass is 9.93. The van der Waals surface area contributed by atoms with Crippen molar-refractivity contribution in [3.05, 3.63) is 54.1 Å². The number of hydrogen-bond acceptors (Lipinski definition) is 3. The van der Waals surface area contributed by atoms with Crippen LogP contribution >= 0.6 is 0 Å². The molecule has 0 aliphatic heterocycles. The second-order valence-electron chi connectivity index (χ2n) is 5.25. The smallest absolute Gasteiger partial charge is 0.376 e. The molecule has 2 aromatic rings. The van der Waals surface area contributed by atoms with Gasteiger partial charge in [0.15, 0.2) is 0 Å². The summed E-state index contributed by atoms with van der Waals surface area (Å²) in [5.41, 5.74) is -2.65. The van der Waals surface area contributed by atoms with Crippen molar-refractivity contribution in [2.24, 2.45) is 0 Å². The van der Waals surface area contributed by atoms with E-state index in [1.165, 1.54) is 24.3 Å². The van der Waals surface area contributed by atoms with Crippen molar-refractivity contribution in [2.45, 2.75) is 25.3 Å². The van der Waals surface area contributed by atoms with Crippen LogP contribution in [0.2, 0.25) is 0 Å². The Morgan fingerprint density at radius 1 is 0.957 bits per heavy atom. The first-order valence-corrected chi connectivity index (χ1v) is 8.23. The van der Waals surface area contributed by atoms with Crippen molar-refractivity contribution < 1.29 is 25.8 Å². The van der Waals surface area contributed by atoms with Crippen LogP contribution in [0.25, 0.3) is 11.1 Å². The van der Waals surface area contributed by atoms with Crippen molar-refractivity contribution in [3.63, 3.8) is 0 Å². The van der Waals surface area contributed by atoms with Crippen molar-refractivity contribution in [3.8, 4) is 16.9 Å². The second-order valence-corrected chi connectivity index (χ2v) is 6.79. The molecule has 0 saturated carbocycles. The van der Waals surface area contributed by atoms with Gasteiger partial charge in [0.25, 0.3) is 0 Å². The number of alkyl halides is 3. The van der Waals surface area contributed by atoms with E-state index in [1.54, 1.807) is 0 Å². The third kappa shape index (κ3) is 3.85. The van der Waals surface area contributed by atoms with Gasteiger partial charge in [-0.2, -0.15) is 21.6 Å². The van der Waals surface area contributed by atoms with Gasteiger partial charge in [0.05, 0.1) is 0 Å². The van der Waals surface area contributed by atoms with Gasteiger partial charge >= 0.3 is 15.6 Å². The van der Waals surface area contributed by atoms with Crippen molar-refractivity contribution in [1.29, 1.82) is 0 Å². The summed E-state index contributed by atoms with van der Waals surface area (Å²) in [6.07, 6.45) is 0. The van der Waals surface area contributed by atoms with Crippen molar-refractivity contribution in [1.82, 2.24) is 0 Å². The summed E-state index contributed by atoms with van der Waals surface area (Å²) in [6, 6.07) is 13.1. The first-order chi connectivity index (χ1) is 10.6. The molecule has 0 N–H and O–H groups in total. The molecule has 0 unspecified atom stereocenters. The van der Waals surface area contributed by atoms with E-state index in [-0.39, 0.29) is 11.7 Å². The number of rotatable bonds is 4. The van der Waals surface area contributed by atoms with Crippen LogP contribution < -0.4 is 4.18 Å². The molecule has 0 aliphatic rings. The Morgan fingerprint density at radius 3 is 2.04 bits per heavy atom. The van der Waals surface area contributed by atoms with Gasteiger partial charge in [-0.25, -0.2) is 0 Å². The van der Waals surface area contributed by atoms with Crippen LogP contribution in [0.1, 0.15) is 25.3 Å². The Hall–Kier alpha value is -2.02. The highest BCUT2D eigenvalue weighted by Gasteiger charge is 2.48. The van der Waals surface area contributed by atoms with Crippen molar-refractivity contribution in [2.75, 3.05) is 0 Å². The van der Waals surface area contributed by atoms with E-state index in [2.05, 4.69) is 4.18 Å². The van der Waals surface area contributed by atoms with Gasteiger partial charge in [-0.3, -0.25) is 0 Å². The summed E-state index contributed by atoms with van der Waals surface area (Å²) in [5.74, 6) is -0.110. The first-order valence-electron chi connectivity index (χ1n) is 6.82. The highest BCUT2D eigenvalue weighted by molar-refractivity contribution is 7.88. The fourth-order valence-electron chi connectivity index (χ4n) is 2.13. The maximum absolute atomic E-state index is 12.3. The molecule has 0 fully saturated rings. The zero-order valence-electron chi connectivity index (χ0n) is 12.5. The maximum atomic E-state index is 12.3. The highest BCUT2D eigenvalue weighted by atomic mass is 32.2. The van der Waals surface area contributed by atoms with Gasteiger partial charge in [0.1, 0.15) is 5.75 Å². The van der Waals surface area contributed by atoms with Gasteiger partial charge in [0, 0.05) is 0 Å². The van der Waals surface area contributed by atoms with Crippen LogP contribution in [0.3, 0.4) is 0 Å². The maximum Gasteiger partial charge on any atom is 0.534 e. The minimum Gasteiger partial charge on any atom is -0.376 e. The van der Waals surface area contributed by atoms with E-state index >= 15 is 0 Å². The molecule has 124 valence electrons. The predicted octanol–water partition coefficient (Wildman–Crippen LogP) is 4.71. The fourth-order valence-corrected chi connectivity index (χ4v) is 2.59. The molecule has 0 aliphatic carbocycles. The third-order valence-electron chi connectivity index (χ3n) is 3.24. The molecule has 0 aromatic heterocycles. The highest BCUT2D eigenvalue weighted by Crippen LogP contribution is 2.31. The second kappa shape index (κ2) is 6.23. The normalized spacial score (nSPS) is 12.4. The van der Waals surface area contributed by atoms with Crippen molar-refractivity contribution >= 4 is 10.1 Å². The number of benzene rings is 2. The molecule has 2 rings (SSSR count). The van der Waals surface area contributed by atoms with Gasteiger partial charge in [-0.15, -0.1) is 0 Å².